The van der Waals surface area contributed by atoms with E-state index in [4.69, 9.17) is 5.41 Å². The zero-order valence-electron chi connectivity index (χ0n) is 12.7. The van der Waals surface area contributed by atoms with E-state index < -0.39 is 5.91 Å². The van der Waals surface area contributed by atoms with Gasteiger partial charge in [0, 0.05) is 0 Å². The van der Waals surface area contributed by atoms with Gasteiger partial charge in [-0.2, -0.15) is 9.39 Å². The Hall–Kier alpha value is -2.38. The SMILES string of the molecule is CSC1=NSC2=NC(=O)/C(=C\c3cccc4ccccc34)C(=N)N12. The van der Waals surface area contributed by atoms with Crippen molar-refractivity contribution in [1.82, 2.24) is 4.90 Å². The number of thioether (sulfide) groups is 1. The molecule has 0 unspecified atom stereocenters. The van der Waals surface area contributed by atoms with Crippen LogP contribution in [0.25, 0.3) is 16.8 Å². The van der Waals surface area contributed by atoms with Gasteiger partial charge in [0.2, 0.25) is 5.17 Å². The maximum absolute atomic E-state index is 12.4. The minimum atomic E-state index is -0.399. The van der Waals surface area contributed by atoms with Crippen molar-refractivity contribution in [1.29, 1.82) is 5.41 Å². The number of hydrogen-bond acceptors (Lipinski definition) is 5. The molecule has 2 heterocycles. The van der Waals surface area contributed by atoms with E-state index in [9.17, 15) is 4.79 Å². The minimum Gasteiger partial charge on any atom is -0.283 e. The van der Waals surface area contributed by atoms with E-state index in [-0.39, 0.29) is 11.4 Å². The van der Waals surface area contributed by atoms with Crippen LogP contribution in [0.15, 0.2) is 57.4 Å². The normalized spacial score (nSPS) is 18.9. The van der Waals surface area contributed by atoms with Gasteiger partial charge in [-0.25, -0.2) is 4.90 Å². The molecule has 2 aliphatic heterocycles. The van der Waals surface area contributed by atoms with Gasteiger partial charge in [-0.15, -0.1) is 0 Å². The largest absolute Gasteiger partial charge is 0.283 e. The Bertz CT molecular complexity index is 972. The molecule has 24 heavy (non-hydrogen) atoms. The van der Waals surface area contributed by atoms with E-state index in [0.29, 0.717) is 10.3 Å². The lowest BCUT2D eigenvalue weighted by Gasteiger charge is -2.23. The number of rotatable bonds is 1. The molecule has 0 aliphatic carbocycles. The van der Waals surface area contributed by atoms with E-state index in [1.165, 1.54) is 11.8 Å². The Labute approximate surface area is 147 Å². The average Bonchev–Trinajstić information content (AvgIpc) is 3.01. The Morgan fingerprint density at radius 2 is 2.00 bits per heavy atom. The standard InChI is InChI=1S/C17H12N4OS2/c1-23-17-20-24-16-19-15(22)13(14(18)21(16)17)9-11-7-4-6-10-5-2-3-8-12(10)11/h2-9,18H,1H3/b13-9-,18-14?. The number of nitrogens with one attached hydrogen (secondary N) is 1. The van der Waals surface area contributed by atoms with Gasteiger partial charge in [-0.3, -0.25) is 10.2 Å². The summed E-state index contributed by atoms with van der Waals surface area (Å²) >= 11 is 2.56. The van der Waals surface area contributed by atoms with Crippen LogP contribution in [0, 0.1) is 5.41 Å². The van der Waals surface area contributed by atoms with Gasteiger partial charge < -0.3 is 0 Å². The Kier molecular flexibility index (Phi) is 3.74. The van der Waals surface area contributed by atoms with Gasteiger partial charge in [0.15, 0.2) is 5.17 Å². The van der Waals surface area contributed by atoms with Crippen molar-refractivity contribution >= 4 is 62.6 Å². The quantitative estimate of drug-likeness (QED) is 0.626. The molecule has 0 atom stereocenters. The van der Waals surface area contributed by atoms with E-state index in [0.717, 1.165) is 28.3 Å². The van der Waals surface area contributed by atoms with Crippen LogP contribution in [0.3, 0.4) is 0 Å². The van der Waals surface area contributed by atoms with Crippen LogP contribution in [0.4, 0.5) is 0 Å². The summed E-state index contributed by atoms with van der Waals surface area (Å²) in [4.78, 5) is 18.1. The molecule has 2 aliphatic rings. The molecule has 0 saturated heterocycles. The molecule has 7 heteroatoms. The summed E-state index contributed by atoms with van der Waals surface area (Å²) in [6.45, 7) is 0. The third kappa shape index (κ3) is 2.37. The van der Waals surface area contributed by atoms with Gasteiger partial charge in [-0.1, -0.05) is 54.2 Å². The van der Waals surface area contributed by atoms with Crippen LogP contribution in [0.5, 0.6) is 0 Å². The minimum absolute atomic E-state index is 0.121. The smallest absolute Gasteiger partial charge is 0.283 e. The molecule has 2 aromatic carbocycles. The molecular formula is C17H12N4OS2. The summed E-state index contributed by atoms with van der Waals surface area (Å²) in [6, 6.07) is 13.9. The molecular weight excluding hydrogens is 340 g/mol. The van der Waals surface area contributed by atoms with Crippen LogP contribution < -0.4 is 0 Å². The molecule has 0 radical (unpaired) electrons. The maximum Gasteiger partial charge on any atom is 0.283 e. The summed E-state index contributed by atoms with van der Waals surface area (Å²) in [5, 5.41) is 11.7. The number of amides is 1. The monoisotopic (exact) mass is 352 g/mol. The van der Waals surface area contributed by atoms with Crippen LogP contribution in [0.1, 0.15) is 5.56 Å². The predicted octanol–water partition coefficient (Wildman–Crippen LogP) is 3.78. The first-order valence-electron chi connectivity index (χ1n) is 7.19. The second kappa shape index (κ2) is 5.92. The molecule has 1 N–H and O–H groups in total. The number of amidine groups is 3. The molecule has 5 nitrogen and oxygen atoms in total. The fourth-order valence-electron chi connectivity index (χ4n) is 2.66. The average molecular weight is 352 g/mol. The highest BCUT2D eigenvalue weighted by atomic mass is 32.2. The van der Waals surface area contributed by atoms with Crippen LogP contribution >= 0.6 is 23.7 Å². The first-order chi connectivity index (χ1) is 11.7. The number of carbonyl (C=O) groups is 1. The number of aliphatic imine (C=N–C) groups is 1. The van der Waals surface area contributed by atoms with Gasteiger partial charge in [-0.05, 0) is 28.7 Å². The topological polar surface area (TPSA) is 68.9 Å². The Morgan fingerprint density at radius 1 is 1.21 bits per heavy atom. The summed E-state index contributed by atoms with van der Waals surface area (Å²) in [7, 11) is 0. The summed E-state index contributed by atoms with van der Waals surface area (Å²) in [5.41, 5.74) is 1.17. The van der Waals surface area contributed by atoms with Crippen LogP contribution in [0.2, 0.25) is 0 Å². The highest BCUT2D eigenvalue weighted by molar-refractivity contribution is 8.18. The fourth-order valence-corrected chi connectivity index (χ4v) is 4.12. The van der Waals surface area contributed by atoms with Crippen molar-refractivity contribution in [2.75, 3.05) is 6.26 Å². The van der Waals surface area contributed by atoms with E-state index >= 15 is 0 Å². The Morgan fingerprint density at radius 3 is 2.83 bits per heavy atom. The third-order valence-electron chi connectivity index (χ3n) is 3.80. The van der Waals surface area contributed by atoms with Crippen molar-refractivity contribution in [2.24, 2.45) is 9.39 Å². The lowest BCUT2D eigenvalue weighted by molar-refractivity contribution is -0.114. The molecule has 4 rings (SSSR count). The van der Waals surface area contributed by atoms with Crippen molar-refractivity contribution in [3.63, 3.8) is 0 Å². The molecule has 0 saturated carbocycles. The molecule has 118 valence electrons. The summed E-state index contributed by atoms with van der Waals surface area (Å²) in [6.07, 6.45) is 3.63. The Balaban J connectivity index is 1.84. The summed E-state index contributed by atoms with van der Waals surface area (Å²) in [5.74, 6) is -0.278. The number of carbonyl (C=O) groups excluding carboxylic acids is 1. The number of hydrogen-bond donors (Lipinski definition) is 1. The van der Waals surface area contributed by atoms with Gasteiger partial charge in [0.1, 0.15) is 5.84 Å². The molecule has 0 bridgehead atoms. The van der Waals surface area contributed by atoms with Gasteiger partial charge >= 0.3 is 0 Å². The highest BCUT2D eigenvalue weighted by Crippen LogP contribution is 2.31. The first kappa shape index (κ1) is 15.2. The van der Waals surface area contributed by atoms with Crippen LogP contribution in [-0.4, -0.2) is 33.2 Å². The van der Waals surface area contributed by atoms with Crippen molar-refractivity contribution in [2.45, 2.75) is 0 Å². The first-order valence-corrected chi connectivity index (χ1v) is 9.19. The second-order valence-electron chi connectivity index (χ2n) is 5.18. The lowest BCUT2D eigenvalue weighted by Crippen LogP contribution is -2.41. The number of benzene rings is 2. The third-order valence-corrected chi connectivity index (χ3v) is 5.26. The van der Waals surface area contributed by atoms with Gasteiger partial charge in [0.05, 0.1) is 17.5 Å². The second-order valence-corrected chi connectivity index (χ2v) is 6.68. The van der Waals surface area contributed by atoms with Crippen molar-refractivity contribution in [3.8, 4) is 0 Å². The lowest BCUT2D eigenvalue weighted by atomic mass is 10.0. The zero-order valence-corrected chi connectivity index (χ0v) is 14.3. The molecule has 0 fully saturated rings. The van der Waals surface area contributed by atoms with Crippen LogP contribution in [-0.2, 0) is 4.79 Å². The van der Waals surface area contributed by atoms with E-state index in [2.05, 4.69) is 9.39 Å². The molecule has 0 aromatic heterocycles. The molecule has 0 spiro atoms. The van der Waals surface area contributed by atoms with E-state index in [1.807, 2.05) is 48.7 Å². The molecule has 1 amide bonds. The summed E-state index contributed by atoms with van der Waals surface area (Å²) < 4.78 is 4.25. The van der Waals surface area contributed by atoms with Gasteiger partial charge in [0.25, 0.3) is 5.91 Å². The fraction of sp³-hybridized carbons (Fsp3) is 0.0588. The maximum atomic E-state index is 12.4. The predicted molar refractivity (Wildman–Crippen MR) is 102 cm³/mol. The molecule has 2 aromatic rings. The zero-order chi connectivity index (χ0) is 16.7. The number of fused-ring (bicyclic) bond motifs is 2. The number of nitrogens with zero attached hydrogens (tertiary/aromatic N) is 3. The van der Waals surface area contributed by atoms with Crippen molar-refractivity contribution < 1.29 is 4.79 Å². The van der Waals surface area contributed by atoms with Crippen molar-refractivity contribution in [3.05, 3.63) is 53.6 Å². The van der Waals surface area contributed by atoms with E-state index in [1.54, 1.807) is 11.0 Å². The highest BCUT2D eigenvalue weighted by Gasteiger charge is 2.36.